The van der Waals surface area contributed by atoms with E-state index in [0.717, 1.165) is 0 Å². The van der Waals surface area contributed by atoms with Crippen molar-refractivity contribution in [3.63, 3.8) is 0 Å². The van der Waals surface area contributed by atoms with Gasteiger partial charge in [0.1, 0.15) is 5.82 Å². The first-order valence-corrected chi connectivity index (χ1v) is 2.52. The largest absolute Gasteiger partial charge is 0.303 e. The molecule has 0 bridgehead atoms. The summed E-state index contributed by atoms with van der Waals surface area (Å²) in [6.07, 6.45) is 2.31. The van der Waals surface area contributed by atoms with Crippen molar-refractivity contribution in [2.45, 2.75) is 0 Å². The second-order valence-corrected chi connectivity index (χ2v) is 1.66. The van der Waals surface area contributed by atoms with Crippen molar-refractivity contribution in [3.05, 3.63) is 12.3 Å². The average molecular weight is 125 g/mol. The SMILES string of the molecule is CN(C=O)c1ccn[nH]1. The summed E-state index contributed by atoms with van der Waals surface area (Å²) < 4.78 is 0. The number of aromatic nitrogens is 2. The third-order valence-corrected chi connectivity index (χ3v) is 1.02. The van der Waals surface area contributed by atoms with Crippen LogP contribution >= 0.6 is 0 Å². The van der Waals surface area contributed by atoms with Crippen LogP contribution in [0.5, 0.6) is 0 Å². The summed E-state index contributed by atoms with van der Waals surface area (Å²) in [4.78, 5) is 11.5. The fraction of sp³-hybridized carbons (Fsp3) is 0.200. The minimum Gasteiger partial charge on any atom is -0.303 e. The van der Waals surface area contributed by atoms with Crippen molar-refractivity contribution >= 4 is 12.2 Å². The van der Waals surface area contributed by atoms with Crippen molar-refractivity contribution in [2.24, 2.45) is 0 Å². The van der Waals surface area contributed by atoms with E-state index in [-0.39, 0.29) is 0 Å². The highest BCUT2D eigenvalue weighted by molar-refractivity contribution is 5.71. The molecule has 0 aliphatic rings. The average Bonchev–Trinajstić information content (AvgIpc) is 2.37. The molecule has 48 valence electrons. The van der Waals surface area contributed by atoms with Gasteiger partial charge in [-0.25, -0.2) is 0 Å². The molecule has 4 heteroatoms. The number of hydrogen-bond donors (Lipinski definition) is 1. The molecular formula is C5H7N3O. The van der Waals surface area contributed by atoms with Gasteiger partial charge in [0.05, 0.1) is 6.20 Å². The minimum absolute atomic E-state index is 0.699. The number of hydrogen-bond acceptors (Lipinski definition) is 2. The first-order valence-electron chi connectivity index (χ1n) is 2.52. The van der Waals surface area contributed by atoms with Crippen LogP contribution in [-0.2, 0) is 4.79 Å². The maximum atomic E-state index is 10.1. The third-order valence-electron chi connectivity index (χ3n) is 1.02. The molecule has 4 nitrogen and oxygen atoms in total. The van der Waals surface area contributed by atoms with Gasteiger partial charge in [-0.1, -0.05) is 0 Å². The number of H-pyrrole nitrogens is 1. The van der Waals surface area contributed by atoms with Gasteiger partial charge in [-0.3, -0.25) is 9.89 Å². The number of amides is 1. The smallest absolute Gasteiger partial charge is 0.215 e. The molecule has 0 aliphatic heterocycles. The predicted molar refractivity (Wildman–Crippen MR) is 33.1 cm³/mol. The number of aromatic amines is 1. The lowest BCUT2D eigenvalue weighted by Gasteiger charge is -2.04. The normalized spacial score (nSPS) is 9.00. The molecule has 0 atom stereocenters. The van der Waals surface area contributed by atoms with Crippen LogP contribution in [0.3, 0.4) is 0 Å². The van der Waals surface area contributed by atoms with Crippen LogP contribution in [0.2, 0.25) is 0 Å². The molecule has 0 unspecified atom stereocenters. The zero-order valence-corrected chi connectivity index (χ0v) is 5.03. The van der Waals surface area contributed by atoms with Crippen LogP contribution in [0.15, 0.2) is 12.3 Å². The zero-order valence-electron chi connectivity index (χ0n) is 5.03. The summed E-state index contributed by atoms with van der Waals surface area (Å²) in [6, 6.07) is 1.72. The van der Waals surface area contributed by atoms with E-state index in [4.69, 9.17) is 0 Å². The van der Waals surface area contributed by atoms with Crippen molar-refractivity contribution < 1.29 is 4.79 Å². The molecule has 0 aliphatic carbocycles. The van der Waals surface area contributed by atoms with E-state index >= 15 is 0 Å². The Labute approximate surface area is 52.5 Å². The van der Waals surface area contributed by atoms with Crippen LogP contribution in [0.25, 0.3) is 0 Å². The molecule has 0 radical (unpaired) electrons. The molecule has 0 saturated heterocycles. The highest BCUT2D eigenvalue weighted by atomic mass is 16.1. The van der Waals surface area contributed by atoms with Crippen LogP contribution in [0.1, 0.15) is 0 Å². The number of nitrogens with one attached hydrogen (secondary N) is 1. The second kappa shape index (κ2) is 2.30. The van der Waals surface area contributed by atoms with E-state index < -0.39 is 0 Å². The maximum Gasteiger partial charge on any atom is 0.215 e. The Balaban J connectivity index is 2.76. The quantitative estimate of drug-likeness (QED) is 0.565. The van der Waals surface area contributed by atoms with E-state index in [1.807, 2.05) is 0 Å². The van der Waals surface area contributed by atoms with Gasteiger partial charge in [0, 0.05) is 13.1 Å². The Kier molecular flexibility index (Phi) is 1.48. The number of carbonyl (C=O) groups excluding carboxylic acids is 1. The van der Waals surface area contributed by atoms with Crippen molar-refractivity contribution in [1.29, 1.82) is 0 Å². The molecule has 1 aromatic rings. The number of anilines is 1. The number of nitrogens with zero attached hydrogens (tertiary/aromatic N) is 2. The van der Waals surface area contributed by atoms with Gasteiger partial charge in [-0.2, -0.15) is 5.10 Å². The Morgan fingerprint density at radius 1 is 1.89 bits per heavy atom. The molecule has 1 N–H and O–H groups in total. The van der Waals surface area contributed by atoms with E-state index in [1.165, 1.54) is 4.90 Å². The molecule has 1 rings (SSSR count). The van der Waals surface area contributed by atoms with Gasteiger partial charge in [0.25, 0.3) is 0 Å². The number of rotatable bonds is 2. The molecule has 0 fully saturated rings. The van der Waals surface area contributed by atoms with Gasteiger partial charge in [-0.15, -0.1) is 0 Å². The van der Waals surface area contributed by atoms with Crippen LogP contribution in [0, 0.1) is 0 Å². The molecule has 1 heterocycles. The van der Waals surface area contributed by atoms with Crippen LogP contribution in [0.4, 0.5) is 5.82 Å². The lowest BCUT2D eigenvalue weighted by atomic mass is 10.6. The van der Waals surface area contributed by atoms with Crippen molar-refractivity contribution in [3.8, 4) is 0 Å². The summed E-state index contributed by atoms with van der Waals surface area (Å²) in [5.74, 6) is 0.699. The van der Waals surface area contributed by atoms with Gasteiger partial charge in [0.2, 0.25) is 6.41 Å². The van der Waals surface area contributed by atoms with Gasteiger partial charge < -0.3 is 4.90 Å². The number of carbonyl (C=O) groups is 1. The highest BCUT2D eigenvalue weighted by Gasteiger charge is 1.95. The fourth-order valence-electron chi connectivity index (χ4n) is 0.502. The Morgan fingerprint density at radius 2 is 2.67 bits per heavy atom. The van der Waals surface area contributed by atoms with Gasteiger partial charge >= 0.3 is 0 Å². The van der Waals surface area contributed by atoms with Crippen molar-refractivity contribution in [1.82, 2.24) is 10.2 Å². The second-order valence-electron chi connectivity index (χ2n) is 1.66. The monoisotopic (exact) mass is 125 g/mol. The first-order chi connectivity index (χ1) is 4.34. The van der Waals surface area contributed by atoms with Gasteiger partial charge in [-0.05, 0) is 0 Å². The molecule has 0 aromatic carbocycles. The van der Waals surface area contributed by atoms with Crippen LogP contribution < -0.4 is 4.90 Å². The summed E-state index contributed by atoms with van der Waals surface area (Å²) in [5.41, 5.74) is 0. The summed E-state index contributed by atoms with van der Waals surface area (Å²) in [7, 11) is 1.65. The summed E-state index contributed by atoms with van der Waals surface area (Å²) in [5, 5.41) is 6.30. The molecule has 1 aromatic heterocycles. The van der Waals surface area contributed by atoms with E-state index in [0.29, 0.717) is 12.2 Å². The molecule has 0 spiro atoms. The highest BCUT2D eigenvalue weighted by Crippen LogP contribution is 2.01. The van der Waals surface area contributed by atoms with Crippen molar-refractivity contribution in [2.75, 3.05) is 11.9 Å². The third kappa shape index (κ3) is 1.07. The molecule has 1 amide bonds. The zero-order chi connectivity index (χ0) is 6.69. The molecule has 0 saturated carbocycles. The molecule has 9 heavy (non-hydrogen) atoms. The Morgan fingerprint density at radius 3 is 3.11 bits per heavy atom. The Hall–Kier alpha value is -1.32. The van der Waals surface area contributed by atoms with E-state index in [1.54, 1.807) is 19.3 Å². The standard InChI is InChI=1S/C5H7N3O/c1-8(4-9)5-2-3-6-7-5/h2-4H,1H3,(H,6,7). The van der Waals surface area contributed by atoms with E-state index in [9.17, 15) is 4.79 Å². The topological polar surface area (TPSA) is 49.0 Å². The fourth-order valence-corrected chi connectivity index (χ4v) is 0.502. The maximum absolute atomic E-state index is 10.1. The summed E-state index contributed by atoms with van der Waals surface area (Å²) >= 11 is 0. The lowest BCUT2D eigenvalue weighted by molar-refractivity contribution is -0.107. The minimum atomic E-state index is 0.699. The lowest BCUT2D eigenvalue weighted by Crippen LogP contribution is -2.13. The predicted octanol–water partition coefficient (Wildman–Crippen LogP) is 0.00230. The van der Waals surface area contributed by atoms with E-state index in [2.05, 4.69) is 10.2 Å². The van der Waals surface area contributed by atoms with Gasteiger partial charge in [0.15, 0.2) is 0 Å². The summed E-state index contributed by atoms with van der Waals surface area (Å²) in [6.45, 7) is 0. The Bertz CT molecular complexity index is 182. The molecular weight excluding hydrogens is 118 g/mol. The first kappa shape index (κ1) is 5.81. The van der Waals surface area contributed by atoms with Crippen LogP contribution in [-0.4, -0.2) is 23.7 Å².